The first-order valence-corrected chi connectivity index (χ1v) is 5.88. The zero-order valence-corrected chi connectivity index (χ0v) is 10.8. The third-order valence-electron chi connectivity index (χ3n) is 2.88. The molecule has 0 atom stereocenters. The highest BCUT2D eigenvalue weighted by Crippen LogP contribution is 2.19. The van der Waals surface area contributed by atoms with Crippen LogP contribution in [0, 0.1) is 6.92 Å². The van der Waals surface area contributed by atoms with E-state index in [0.717, 1.165) is 0 Å². The molecule has 0 aliphatic rings. The van der Waals surface area contributed by atoms with Gasteiger partial charge in [-0.25, -0.2) is 0 Å². The Balaban J connectivity index is 2.31. The van der Waals surface area contributed by atoms with Crippen LogP contribution in [0.1, 0.15) is 26.3 Å². The van der Waals surface area contributed by atoms with Crippen molar-refractivity contribution in [3.05, 3.63) is 63.6 Å². The number of carbonyl (C=O) groups is 2. The minimum atomic E-state index is -0.560. The van der Waals surface area contributed by atoms with Crippen molar-refractivity contribution in [2.24, 2.45) is 5.73 Å². The first kappa shape index (κ1) is 13.5. The number of benzene rings is 1. The molecule has 6 heteroatoms. The number of anilines is 1. The Morgan fingerprint density at radius 2 is 2.00 bits per heavy atom. The van der Waals surface area contributed by atoms with Gasteiger partial charge in [-0.05, 0) is 30.7 Å². The second kappa shape index (κ2) is 5.40. The van der Waals surface area contributed by atoms with Crippen LogP contribution >= 0.6 is 0 Å². The molecule has 0 fully saturated rings. The predicted octanol–water partition coefficient (Wildman–Crippen LogP) is 1.03. The number of nitrogens with one attached hydrogen (secondary N) is 2. The summed E-state index contributed by atoms with van der Waals surface area (Å²) in [5.74, 6) is -0.990. The lowest BCUT2D eigenvalue weighted by atomic mass is 10.1. The molecule has 1 heterocycles. The number of pyridine rings is 1. The number of H-pyrrole nitrogens is 1. The summed E-state index contributed by atoms with van der Waals surface area (Å²) in [5.41, 5.74) is 6.52. The van der Waals surface area contributed by atoms with Gasteiger partial charge in [0.25, 0.3) is 5.91 Å². The fourth-order valence-corrected chi connectivity index (χ4v) is 1.82. The highest BCUT2D eigenvalue weighted by molar-refractivity contribution is 6.05. The van der Waals surface area contributed by atoms with Crippen LogP contribution in [-0.4, -0.2) is 16.8 Å². The van der Waals surface area contributed by atoms with Gasteiger partial charge in [0.1, 0.15) is 0 Å². The van der Waals surface area contributed by atoms with Crippen molar-refractivity contribution in [3.63, 3.8) is 0 Å². The van der Waals surface area contributed by atoms with Crippen LogP contribution in [0.5, 0.6) is 0 Å². The molecule has 0 radical (unpaired) electrons. The molecule has 20 heavy (non-hydrogen) atoms. The van der Waals surface area contributed by atoms with E-state index in [4.69, 9.17) is 5.73 Å². The average molecular weight is 271 g/mol. The fraction of sp³-hybridized carbons (Fsp3) is 0.0714. The van der Waals surface area contributed by atoms with Crippen molar-refractivity contribution in [1.29, 1.82) is 0 Å². The molecule has 102 valence electrons. The van der Waals surface area contributed by atoms with Crippen molar-refractivity contribution >= 4 is 17.5 Å². The minimum absolute atomic E-state index is 0.234. The molecule has 6 nitrogen and oxygen atoms in total. The molecule has 0 bridgehead atoms. The predicted molar refractivity (Wildman–Crippen MR) is 74.7 cm³/mol. The number of rotatable bonds is 3. The lowest BCUT2D eigenvalue weighted by molar-refractivity contribution is 0.0995. The van der Waals surface area contributed by atoms with E-state index in [1.807, 2.05) is 0 Å². The van der Waals surface area contributed by atoms with Gasteiger partial charge in [-0.1, -0.05) is 6.07 Å². The summed E-state index contributed by atoms with van der Waals surface area (Å²) in [6.07, 6.45) is 1.39. The van der Waals surface area contributed by atoms with E-state index < -0.39 is 11.8 Å². The lowest BCUT2D eigenvalue weighted by Gasteiger charge is -2.10. The van der Waals surface area contributed by atoms with Gasteiger partial charge in [-0.3, -0.25) is 14.4 Å². The summed E-state index contributed by atoms with van der Waals surface area (Å²) in [4.78, 5) is 36.8. The Morgan fingerprint density at radius 3 is 2.65 bits per heavy atom. The Kier molecular flexibility index (Phi) is 3.65. The quantitative estimate of drug-likeness (QED) is 0.776. The van der Waals surface area contributed by atoms with Gasteiger partial charge < -0.3 is 16.0 Å². The number of hydrogen-bond acceptors (Lipinski definition) is 3. The van der Waals surface area contributed by atoms with E-state index in [1.165, 1.54) is 18.3 Å². The number of amides is 2. The van der Waals surface area contributed by atoms with E-state index in [-0.39, 0.29) is 11.1 Å². The van der Waals surface area contributed by atoms with Crippen LogP contribution in [0.25, 0.3) is 0 Å². The minimum Gasteiger partial charge on any atom is -0.366 e. The Morgan fingerprint density at radius 1 is 1.25 bits per heavy atom. The monoisotopic (exact) mass is 271 g/mol. The van der Waals surface area contributed by atoms with Crippen LogP contribution < -0.4 is 16.6 Å². The molecule has 2 rings (SSSR count). The van der Waals surface area contributed by atoms with Crippen LogP contribution in [0.4, 0.5) is 5.69 Å². The molecule has 0 saturated carbocycles. The van der Waals surface area contributed by atoms with E-state index in [9.17, 15) is 14.4 Å². The zero-order chi connectivity index (χ0) is 14.7. The van der Waals surface area contributed by atoms with Gasteiger partial charge in [0, 0.05) is 29.1 Å². The maximum atomic E-state index is 12.0. The van der Waals surface area contributed by atoms with Gasteiger partial charge in [0.2, 0.25) is 11.5 Å². The van der Waals surface area contributed by atoms with E-state index >= 15 is 0 Å². The zero-order valence-electron chi connectivity index (χ0n) is 10.8. The number of aromatic nitrogens is 1. The van der Waals surface area contributed by atoms with Crippen molar-refractivity contribution in [2.45, 2.75) is 6.92 Å². The molecule has 1 aromatic heterocycles. The summed E-state index contributed by atoms with van der Waals surface area (Å²) >= 11 is 0. The average Bonchev–Trinajstić information content (AvgIpc) is 2.40. The smallest absolute Gasteiger partial charge is 0.255 e. The van der Waals surface area contributed by atoms with E-state index in [1.54, 1.807) is 25.1 Å². The first-order valence-electron chi connectivity index (χ1n) is 5.88. The molecule has 0 spiro atoms. The Bertz CT molecular complexity index is 734. The topological polar surface area (TPSA) is 105 Å². The number of hydrogen-bond donors (Lipinski definition) is 3. The molecule has 0 saturated heterocycles. The number of primary amides is 1. The summed E-state index contributed by atoms with van der Waals surface area (Å²) in [7, 11) is 0. The van der Waals surface area contributed by atoms with Crippen molar-refractivity contribution in [2.75, 3.05) is 5.32 Å². The standard InChI is InChI=1S/C14H13N3O3/c1-8-10(13(15)19)3-2-4-11(8)17-14(20)9-5-6-16-12(18)7-9/h2-7H,1H3,(H2,15,19)(H,16,18)(H,17,20). The summed E-state index contributed by atoms with van der Waals surface area (Å²) in [6.45, 7) is 1.69. The van der Waals surface area contributed by atoms with Gasteiger partial charge in [-0.2, -0.15) is 0 Å². The van der Waals surface area contributed by atoms with Crippen LogP contribution in [0.3, 0.4) is 0 Å². The van der Waals surface area contributed by atoms with Crippen molar-refractivity contribution in [1.82, 2.24) is 4.98 Å². The van der Waals surface area contributed by atoms with Gasteiger partial charge in [-0.15, -0.1) is 0 Å². The molecule has 4 N–H and O–H groups in total. The SMILES string of the molecule is Cc1c(NC(=O)c2cc[nH]c(=O)c2)cccc1C(N)=O. The number of nitrogens with two attached hydrogens (primary N) is 1. The molecule has 1 aromatic carbocycles. The normalized spacial score (nSPS) is 10.1. The summed E-state index contributed by atoms with van der Waals surface area (Å²) in [5, 5.41) is 2.65. The van der Waals surface area contributed by atoms with Crippen LogP contribution in [-0.2, 0) is 0 Å². The van der Waals surface area contributed by atoms with Crippen LogP contribution in [0.2, 0.25) is 0 Å². The summed E-state index contributed by atoms with van der Waals surface area (Å²) in [6, 6.07) is 7.56. The molecule has 0 aliphatic heterocycles. The van der Waals surface area contributed by atoms with Gasteiger partial charge >= 0.3 is 0 Å². The van der Waals surface area contributed by atoms with Crippen LogP contribution in [0.15, 0.2) is 41.3 Å². The Hall–Kier alpha value is -2.89. The van der Waals surface area contributed by atoms with E-state index in [0.29, 0.717) is 16.8 Å². The molecule has 0 unspecified atom stereocenters. The molecular formula is C14H13N3O3. The summed E-state index contributed by atoms with van der Waals surface area (Å²) < 4.78 is 0. The lowest BCUT2D eigenvalue weighted by Crippen LogP contribution is -2.18. The van der Waals surface area contributed by atoms with Crippen molar-refractivity contribution in [3.8, 4) is 0 Å². The molecule has 0 aliphatic carbocycles. The third-order valence-corrected chi connectivity index (χ3v) is 2.88. The van der Waals surface area contributed by atoms with Gasteiger partial charge in [0.15, 0.2) is 0 Å². The highest BCUT2D eigenvalue weighted by atomic mass is 16.2. The molecular weight excluding hydrogens is 258 g/mol. The van der Waals surface area contributed by atoms with E-state index in [2.05, 4.69) is 10.3 Å². The molecule has 2 amide bonds. The second-order valence-corrected chi connectivity index (χ2v) is 4.24. The Labute approximate surface area is 114 Å². The molecule has 2 aromatic rings. The fourth-order valence-electron chi connectivity index (χ4n) is 1.82. The third kappa shape index (κ3) is 2.74. The largest absolute Gasteiger partial charge is 0.366 e. The second-order valence-electron chi connectivity index (χ2n) is 4.24. The number of carbonyl (C=O) groups excluding carboxylic acids is 2. The first-order chi connectivity index (χ1) is 9.49. The van der Waals surface area contributed by atoms with Crippen molar-refractivity contribution < 1.29 is 9.59 Å². The van der Waals surface area contributed by atoms with Gasteiger partial charge in [0.05, 0.1) is 0 Å². The number of aromatic amines is 1. The maximum absolute atomic E-state index is 12.0. The highest BCUT2D eigenvalue weighted by Gasteiger charge is 2.12. The maximum Gasteiger partial charge on any atom is 0.255 e.